The van der Waals surface area contributed by atoms with Crippen molar-refractivity contribution in [2.24, 2.45) is 0 Å². The van der Waals surface area contributed by atoms with Gasteiger partial charge in [0, 0.05) is 0 Å². The van der Waals surface area contributed by atoms with Gasteiger partial charge in [-0.2, -0.15) is 0 Å². The molecule has 0 heterocycles. The summed E-state index contributed by atoms with van der Waals surface area (Å²) in [5, 5.41) is 0. The molecule has 0 aliphatic heterocycles. The van der Waals surface area contributed by atoms with Crippen LogP contribution in [0.3, 0.4) is 0 Å². The Morgan fingerprint density at radius 2 is 1.07 bits per heavy atom. The van der Waals surface area contributed by atoms with Crippen LogP contribution in [-0.4, -0.2) is 76.3 Å². The van der Waals surface area contributed by atoms with Gasteiger partial charge in [0.05, 0.1) is 0 Å². The summed E-state index contributed by atoms with van der Waals surface area (Å²) < 4.78 is 0.0559. The minimum absolute atomic E-state index is 0.0559. The zero-order valence-electron chi connectivity index (χ0n) is 7.48. The predicted molar refractivity (Wildman–Crippen MR) is 105 cm³/mol. The summed E-state index contributed by atoms with van der Waals surface area (Å²) in [5.74, 6) is 0. The second-order valence-electron chi connectivity index (χ2n) is 2.97. The van der Waals surface area contributed by atoms with E-state index in [4.69, 9.17) is 46.4 Å². The van der Waals surface area contributed by atoms with Gasteiger partial charge in [0.25, 0.3) is 0 Å². The normalized spacial score (nSPS) is 10.3. The van der Waals surface area contributed by atoms with E-state index in [1.54, 1.807) is 0 Å². The fraction of sp³-hybridized carbons (Fsp3) is 0. The van der Waals surface area contributed by atoms with Gasteiger partial charge in [0.1, 0.15) is 0 Å². The standard InChI is InChI=1S/B11I3/c1-7(2)10(8(3)4)11(9(5)6)14(12)13. The van der Waals surface area contributed by atoms with E-state index in [1.807, 2.05) is 0 Å². The van der Waals surface area contributed by atoms with Crippen molar-refractivity contribution in [1.82, 2.24) is 0 Å². The third-order valence-electron chi connectivity index (χ3n) is 1.81. The molecule has 0 aliphatic carbocycles. The Morgan fingerprint density at radius 3 is 1.14 bits per heavy atom. The first-order valence-electron chi connectivity index (χ1n) is 3.84. The average molecular weight is 500 g/mol. The van der Waals surface area contributed by atoms with E-state index in [1.165, 1.54) is 0 Å². The van der Waals surface area contributed by atoms with Crippen LogP contribution in [0.25, 0.3) is 0 Å². The van der Waals surface area contributed by atoms with Crippen LogP contribution in [0.1, 0.15) is 0 Å². The molecule has 14 heavy (non-hydrogen) atoms. The molecular formula is B11I3. The third-order valence-corrected chi connectivity index (χ3v) is 11.9. The number of rotatable bonds is 5. The Labute approximate surface area is 123 Å². The summed E-state index contributed by atoms with van der Waals surface area (Å²) in [7, 11) is 34.0. The number of hydrogen-bond donors (Lipinski definition) is 0. The van der Waals surface area contributed by atoms with Crippen LogP contribution in [-0.2, 0) is 0 Å². The van der Waals surface area contributed by atoms with Crippen LogP contribution in [0.15, 0.2) is 0 Å². The molecule has 0 bridgehead atoms. The summed E-state index contributed by atoms with van der Waals surface area (Å²) in [5.41, 5.74) is 0. The van der Waals surface area contributed by atoms with Crippen LogP contribution < -0.4 is 0 Å². The second kappa shape index (κ2) is 8.08. The van der Waals surface area contributed by atoms with Crippen molar-refractivity contribution < 1.29 is 0 Å². The van der Waals surface area contributed by atoms with Crippen molar-refractivity contribution in [3.05, 3.63) is 0 Å². The molecule has 0 nitrogen and oxygen atoms in total. The second-order valence-corrected chi connectivity index (χ2v) is 27.9. The Hall–Kier alpha value is 2.90. The molecule has 0 N–H and O–H groups in total. The van der Waals surface area contributed by atoms with Crippen molar-refractivity contribution in [3.8, 4) is 0 Å². The first-order valence-corrected chi connectivity index (χ1v) is 17.7. The number of hydrogen-bond acceptors (Lipinski definition) is 0. The topological polar surface area (TPSA) is 0 Å². The molecule has 0 aromatic heterocycles. The summed E-state index contributed by atoms with van der Waals surface area (Å²) in [6.07, 6.45) is -1.81. The molecule has 0 aliphatic rings. The van der Waals surface area contributed by atoms with Crippen LogP contribution in [0.2, 0.25) is 0 Å². The van der Waals surface area contributed by atoms with Gasteiger partial charge in [-0.15, -0.1) is 0 Å². The van der Waals surface area contributed by atoms with Gasteiger partial charge in [-0.25, -0.2) is 0 Å². The molecule has 0 saturated carbocycles. The van der Waals surface area contributed by atoms with Crippen molar-refractivity contribution in [1.29, 1.82) is 0 Å². The zero-order chi connectivity index (χ0) is 11.5. The molecule has 0 rings (SSSR count). The fourth-order valence-corrected chi connectivity index (χ4v) is 11.8. The maximum absolute atomic E-state index is 5.70. The molecule has 0 unspecified atom stereocenters. The molecule has 0 atom stereocenters. The van der Waals surface area contributed by atoms with Gasteiger partial charge < -0.3 is 0 Å². The minimum atomic E-state index is -1.31. The van der Waals surface area contributed by atoms with Gasteiger partial charge in [0.2, 0.25) is 0 Å². The van der Waals surface area contributed by atoms with Crippen LogP contribution in [0.4, 0.5) is 0 Å². The molecule has 0 aromatic rings. The molecule has 54 valence electrons. The van der Waals surface area contributed by atoms with Gasteiger partial charge in [-0.1, -0.05) is 0 Å². The number of halogens is 3. The predicted octanol–water partition coefficient (Wildman–Crippen LogP) is -1.53. The van der Waals surface area contributed by atoms with Gasteiger partial charge in [-0.05, 0) is 0 Å². The van der Waals surface area contributed by atoms with E-state index in [9.17, 15) is 0 Å². The first kappa shape index (κ1) is 16.9. The van der Waals surface area contributed by atoms with Gasteiger partial charge in [-0.3, -0.25) is 0 Å². The van der Waals surface area contributed by atoms with E-state index < -0.39 is 30.8 Å². The maximum atomic E-state index is 5.70. The molecule has 0 fully saturated rings. The monoisotopic (exact) mass is 502 g/mol. The molecular weight excluding hydrogens is 500 g/mol. The molecule has 0 spiro atoms. The van der Waals surface area contributed by atoms with Crippen LogP contribution in [0.5, 0.6) is 0 Å². The molecule has 0 saturated heterocycles. The van der Waals surface area contributed by atoms with Crippen LogP contribution >= 0.6 is 48.9 Å². The Balaban J connectivity index is 4.74. The van der Waals surface area contributed by atoms with Gasteiger partial charge in [0.15, 0.2) is 0 Å². The van der Waals surface area contributed by atoms with Crippen LogP contribution in [0, 0.1) is 0 Å². The summed E-state index contributed by atoms with van der Waals surface area (Å²) in [6.45, 7) is 0. The molecule has 0 amide bonds. The van der Waals surface area contributed by atoms with E-state index in [0.717, 1.165) is 0 Å². The Bertz CT molecular complexity index is 119. The van der Waals surface area contributed by atoms with E-state index >= 15 is 0 Å². The molecule has 12 radical (unpaired) electrons. The first-order chi connectivity index (χ1) is 6.29. The van der Waals surface area contributed by atoms with Crippen molar-refractivity contribution in [3.63, 3.8) is 0 Å². The summed E-state index contributed by atoms with van der Waals surface area (Å²) in [6, 6.07) is 0. The fourth-order valence-electron chi connectivity index (χ4n) is 1.16. The van der Waals surface area contributed by atoms with E-state index in [2.05, 4.69) is 37.2 Å². The van der Waals surface area contributed by atoms with Crippen molar-refractivity contribution in [2.45, 2.75) is 0 Å². The van der Waals surface area contributed by atoms with E-state index in [-0.39, 0.29) is 10.7 Å². The summed E-state index contributed by atoms with van der Waals surface area (Å²) >= 11 is 3.41. The summed E-state index contributed by atoms with van der Waals surface area (Å²) in [4.78, 5) is 0. The third kappa shape index (κ3) is 5.49. The molecule has 0 aromatic carbocycles. The molecule has 14 heteroatoms. The SMILES string of the molecule is [B]B([B])B(B([B])[B])B(B([B])[B])I(I)I. The zero-order valence-corrected chi connectivity index (χ0v) is 14.0. The quantitative estimate of drug-likeness (QED) is 0.318. The van der Waals surface area contributed by atoms with Crippen molar-refractivity contribution in [2.75, 3.05) is 0 Å². The Kier molecular flexibility index (Phi) is 9.76. The van der Waals surface area contributed by atoms with E-state index in [0.29, 0.717) is 0 Å². The average Bonchev–Trinajstić information content (AvgIpc) is 1.96. The van der Waals surface area contributed by atoms with Gasteiger partial charge >= 0.3 is 125 Å². The Morgan fingerprint density at radius 1 is 0.714 bits per heavy atom. The van der Waals surface area contributed by atoms with Crippen molar-refractivity contribution >= 4 is 125 Å².